The number of hydrogen-bond donors (Lipinski definition) is 7. The molecule has 4 atom stereocenters. The zero-order chi connectivity index (χ0) is 27.6. The lowest BCUT2D eigenvalue weighted by molar-refractivity contribution is -0.142. The molecule has 12 heteroatoms. The number of rotatable bonds is 14. The molecule has 0 radical (unpaired) electrons. The number of aromatic hydroxyl groups is 1. The SMILES string of the molecule is CC(C)C(N)C(=O)NC(C(=O)NC(CCC(N)=O)C(=O)NC(Cc1ccc(O)cc1)C(=O)O)C(C)C. The van der Waals surface area contributed by atoms with Crippen molar-refractivity contribution in [1.82, 2.24) is 16.0 Å². The van der Waals surface area contributed by atoms with Gasteiger partial charge < -0.3 is 37.6 Å². The van der Waals surface area contributed by atoms with E-state index in [9.17, 15) is 34.2 Å². The van der Waals surface area contributed by atoms with E-state index in [4.69, 9.17) is 11.5 Å². The number of aliphatic carboxylic acids is 1. The summed E-state index contributed by atoms with van der Waals surface area (Å²) >= 11 is 0. The number of nitrogens with one attached hydrogen (secondary N) is 3. The molecule has 0 aromatic heterocycles. The molecule has 1 rings (SSSR count). The van der Waals surface area contributed by atoms with Gasteiger partial charge in [-0.15, -0.1) is 0 Å². The average molecular weight is 508 g/mol. The number of carboxylic acids is 1. The molecule has 9 N–H and O–H groups in total. The van der Waals surface area contributed by atoms with Gasteiger partial charge in [0, 0.05) is 12.8 Å². The van der Waals surface area contributed by atoms with Gasteiger partial charge in [0.15, 0.2) is 0 Å². The summed E-state index contributed by atoms with van der Waals surface area (Å²) in [5.41, 5.74) is 11.6. The van der Waals surface area contributed by atoms with Crippen LogP contribution in [0.25, 0.3) is 0 Å². The van der Waals surface area contributed by atoms with Crippen molar-refractivity contribution in [3.05, 3.63) is 29.8 Å². The molecule has 0 fully saturated rings. The third-order valence-electron chi connectivity index (χ3n) is 5.57. The largest absolute Gasteiger partial charge is 0.508 e. The Labute approximate surface area is 210 Å². The third kappa shape index (κ3) is 9.90. The Morgan fingerprint density at radius 2 is 1.39 bits per heavy atom. The van der Waals surface area contributed by atoms with E-state index in [2.05, 4.69) is 16.0 Å². The van der Waals surface area contributed by atoms with Crippen LogP contribution in [0, 0.1) is 11.8 Å². The summed E-state index contributed by atoms with van der Waals surface area (Å²) in [4.78, 5) is 61.5. The van der Waals surface area contributed by atoms with E-state index in [1.165, 1.54) is 24.3 Å². The summed E-state index contributed by atoms with van der Waals surface area (Å²) < 4.78 is 0. The van der Waals surface area contributed by atoms with Crippen LogP contribution in [0.15, 0.2) is 24.3 Å². The van der Waals surface area contributed by atoms with E-state index in [0.717, 1.165) is 0 Å². The summed E-state index contributed by atoms with van der Waals surface area (Å²) in [6.07, 6.45) is -0.511. The second kappa shape index (κ2) is 14.0. The smallest absolute Gasteiger partial charge is 0.326 e. The predicted octanol–water partition coefficient (Wildman–Crippen LogP) is -0.621. The molecular formula is C24H37N5O7. The zero-order valence-corrected chi connectivity index (χ0v) is 21.0. The number of phenolic OH excluding ortho intramolecular Hbond substituents is 1. The van der Waals surface area contributed by atoms with Gasteiger partial charge in [-0.1, -0.05) is 39.8 Å². The number of amides is 4. The molecule has 1 aromatic carbocycles. The summed E-state index contributed by atoms with van der Waals surface area (Å²) in [7, 11) is 0. The van der Waals surface area contributed by atoms with Gasteiger partial charge in [-0.3, -0.25) is 19.2 Å². The standard InChI is InChI=1S/C24H37N5O7/c1-12(2)19(26)22(33)29-20(13(3)4)23(34)27-16(9-10-18(25)31)21(32)28-17(24(35)36)11-14-5-7-15(30)8-6-14/h5-8,12-13,16-17,19-20,30H,9-11,26H2,1-4H3,(H2,25,31)(H,27,34)(H,28,32)(H,29,33)(H,35,36). The number of carbonyl (C=O) groups is 5. The summed E-state index contributed by atoms with van der Waals surface area (Å²) in [5, 5.41) is 26.5. The van der Waals surface area contributed by atoms with Gasteiger partial charge in [0.2, 0.25) is 23.6 Å². The Morgan fingerprint density at radius 1 is 0.833 bits per heavy atom. The zero-order valence-electron chi connectivity index (χ0n) is 21.0. The first kappa shape index (κ1) is 30.4. The van der Waals surface area contributed by atoms with Crippen LogP contribution in [0.3, 0.4) is 0 Å². The van der Waals surface area contributed by atoms with E-state index in [1.54, 1.807) is 27.7 Å². The van der Waals surface area contributed by atoms with Crippen LogP contribution in [0.1, 0.15) is 46.1 Å². The molecule has 0 saturated heterocycles. The Kier molecular flexibility index (Phi) is 11.8. The molecule has 0 saturated carbocycles. The average Bonchev–Trinajstić information content (AvgIpc) is 2.79. The van der Waals surface area contributed by atoms with E-state index in [1.807, 2.05) is 0 Å². The minimum atomic E-state index is -1.35. The van der Waals surface area contributed by atoms with E-state index in [0.29, 0.717) is 5.56 Å². The summed E-state index contributed by atoms with van der Waals surface area (Å²) in [5.74, 6) is -4.61. The Hall–Kier alpha value is -3.67. The topological polar surface area (TPSA) is 214 Å². The lowest BCUT2D eigenvalue weighted by Crippen LogP contribution is -2.59. The van der Waals surface area contributed by atoms with Gasteiger partial charge >= 0.3 is 5.97 Å². The fraction of sp³-hybridized carbons (Fsp3) is 0.542. The van der Waals surface area contributed by atoms with Crippen LogP contribution in [-0.4, -0.2) is 64.0 Å². The quantitative estimate of drug-likeness (QED) is 0.172. The molecule has 0 spiro atoms. The maximum Gasteiger partial charge on any atom is 0.326 e. The molecule has 4 unspecified atom stereocenters. The van der Waals surface area contributed by atoms with E-state index < -0.39 is 53.8 Å². The van der Waals surface area contributed by atoms with Crippen molar-refractivity contribution in [1.29, 1.82) is 0 Å². The molecule has 0 bridgehead atoms. The molecule has 0 aliphatic rings. The summed E-state index contributed by atoms with van der Waals surface area (Å²) in [6, 6.07) is 1.30. The maximum absolute atomic E-state index is 13.0. The number of carbonyl (C=O) groups excluding carboxylic acids is 4. The molecule has 4 amide bonds. The van der Waals surface area contributed by atoms with Gasteiger partial charge in [0.1, 0.15) is 23.9 Å². The molecule has 0 aliphatic heterocycles. The highest BCUT2D eigenvalue weighted by Crippen LogP contribution is 2.12. The van der Waals surface area contributed by atoms with Crippen molar-refractivity contribution in [2.75, 3.05) is 0 Å². The van der Waals surface area contributed by atoms with E-state index in [-0.39, 0.29) is 36.8 Å². The highest BCUT2D eigenvalue weighted by Gasteiger charge is 2.32. The summed E-state index contributed by atoms with van der Waals surface area (Å²) in [6.45, 7) is 6.91. The van der Waals surface area contributed by atoms with Gasteiger partial charge in [-0.2, -0.15) is 0 Å². The Bertz CT molecular complexity index is 933. The first-order valence-corrected chi connectivity index (χ1v) is 11.7. The fourth-order valence-electron chi connectivity index (χ4n) is 3.24. The first-order chi connectivity index (χ1) is 16.7. The molecular weight excluding hydrogens is 470 g/mol. The molecule has 200 valence electrons. The first-order valence-electron chi connectivity index (χ1n) is 11.7. The van der Waals surface area contributed by atoms with Crippen molar-refractivity contribution in [2.45, 2.75) is 71.1 Å². The second-order valence-electron chi connectivity index (χ2n) is 9.34. The molecule has 1 aromatic rings. The number of benzene rings is 1. The lowest BCUT2D eigenvalue weighted by Gasteiger charge is -2.27. The third-order valence-corrected chi connectivity index (χ3v) is 5.57. The van der Waals surface area contributed by atoms with Crippen LogP contribution in [0.2, 0.25) is 0 Å². The molecule has 36 heavy (non-hydrogen) atoms. The second-order valence-corrected chi connectivity index (χ2v) is 9.34. The van der Waals surface area contributed by atoms with Crippen molar-refractivity contribution in [2.24, 2.45) is 23.3 Å². The van der Waals surface area contributed by atoms with Crippen LogP contribution in [0.5, 0.6) is 5.75 Å². The van der Waals surface area contributed by atoms with Crippen molar-refractivity contribution >= 4 is 29.6 Å². The normalized spacial score (nSPS) is 14.4. The van der Waals surface area contributed by atoms with Crippen molar-refractivity contribution in [3.63, 3.8) is 0 Å². The Balaban J connectivity index is 3.03. The van der Waals surface area contributed by atoms with Gasteiger partial charge in [-0.05, 0) is 36.0 Å². The van der Waals surface area contributed by atoms with Crippen LogP contribution >= 0.6 is 0 Å². The van der Waals surface area contributed by atoms with Crippen LogP contribution in [0.4, 0.5) is 0 Å². The predicted molar refractivity (Wildman–Crippen MR) is 131 cm³/mol. The minimum Gasteiger partial charge on any atom is -0.508 e. The van der Waals surface area contributed by atoms with Crippen LogP contribution in [-0.2, 0) is 30.4 Å². The minimum absolute atomic E-state index is 0.00466. The number of carboxylic acid groups (broad SMARTS) is 1. The van der Waals surface area contributed by atoms with Gasteiger partial charge in [0.05, 0.1) is 6.04 Å². The van der Waals surface area contributed by atoms with E-state index >= 15 is 0 Å². The lowest BCUT2D eigenvalue weighted by atomic mass is 9.99. The maximum atomic E-state index is 13.0. The molecule has 12 nitrogen and oxygen atoms in total. The number of nitrogens with two attached hydrogens (primary N) is 2. The van der Waals surface area contributed by atoms with Crippen LogP contribution < -0.4 is 27.4 Å². The van der Waals surface area contributed by atoms with Crippen molar-refractivity contribution in [3.8, 4) is 5.75 Å². The van der Waals surface area contributed by atoms with Gasteiger partial charge in [0.25, 0.3) is 0 Å². The molecule has 0 aliphatic carbocycles. The monoisotopic (exact) mass is 507 g/mol. The fourth-order valence-corrected chi connectivity index (χ4v) is 3.24. The van der Waals surface area contributed by atoms with Gasteiger partial charge in [-0.25, -0.2) is 4.79 Å². The highest BCUT2D eigenvalue weighted by molar-refractivity contribution is 5.94. The van der Waals surface area contributed by atoms with Crippen molar-refractivity contribution < 1.29 is 34.2 Å². The number of phenols is 1. The highest BCUT2D eigenvalue weighted by atomic mass is 16.4. The molecule has 0 heterocycles. The number of primary amides is 1. The Morgan fingerprint density at radius 3 is 1.86 bits per heavy atom. The number of hydrogen-bond acceptors (Lipinski definition) is 7.